The average molecular weight is 365 g/mol. The number of nitrogens with two attached hydrogens (primary N) is 1. The van der Waals surface area contributed by atoms with Gasteiger partial charge in [0.05, 0.1) is 4.90 Å². The number of nitrogens with one attached hydrogen (secondary N) is 1. The molecular formula is C17H20FN3O3S. The monoisotopic (exact) mass is 365 g/mol. The Balaban J connectivity index is 1.81. The van der Waals surface area contributed by atoms with Crippen LogP contribution >= 0.6 is 0 Å². The largest absolute Gasteiger partial charge is 0.326 e. The third kappa shape index (κ3) is 6.26. The molecule has 6 nitrogen and oxygen atoms in total. The molecule has 0 aliphatic carbocycles. The molecule has 0 radical (unpaired) electrons. The molecule has 25 heavy (non-hydrogen) atoms. The van der Waals surface area contributed by atoms with Crippen molar-refractivity contribution in [3.8, 4) is 0 Å². The summed E-state index contributed by atoms with van der Waals surface area (Å²) in [6.45, 7) is 1.13. The number of rotatable bonds is 7. The van der Waals surface area contributed by atoms with Crippen molar-refractivity contribution in [1.29, 1.82) is 0 Å². The summed E-state index contributed by atoms with van der Waals surface area (Å²) in [7, 11) is -1.87. The molecule has 134 valence electrons. The first-order chi connectivity index (χ1) is 11.7. The van der Waals surface area contributed by atoms with Gasteiger partial charge in [0, 0.05) is 25.2 Å². The number of primary sulfonamides is 1. The quantitative estimate of drug-likeness (QED) is 0.784. The number of anilines is 1. The molecule has 0 saturated carbocycles. The van der Waals surface area contributed by atoms with Crippen molar-refractivity contribution >= 4 is 21.6 Å². The highest BCUT2D eigenvalue weighted by atomic mass is 32.2. The number of carbonyl (C=O) groups excluding carboxylic acids is 1. The summed E-state index contributed by atoms with van der Waals surface area (Å²) in [6, 6.07) is 11.9. The summed E-state index contributed by atoms with van der Waals surface area (Å²) in [5.74, 6) is -0.464. The summed E-state index contributed by atoms with van der Waals surface area (Å²) < 4.78 is 35.2. The zero-order valence-electron chi connectivity index (χ0n) is 13.8. The Hall–Kier alpha value is -2.29. The van der Waals surface area contributed by atoms with Crippen molar-refractivity contribution in [3.63, 3.8) is 0 Å². The lowest BCUT2D eigenvalue weighted by Crippen LogP contribution is -2.24. The SMILES string of the molecule is CN(CCC(=O)Nc1ccc(S(N)(=O)=O)cc1)Cc1ccc(F)cc1. The van der Waals surface area contributed by atoms with E-state index in [4.69, 9.17) is 5.14 Å². The third-order valence-corrected chi connectivity index (χ3v) is 4.48. The minimum absolute atomic E-state index is 0.00969. The molecule has 0 spiro atoms. The lowest BCUT2D eigenvalue weighted by molar-refractivity contribution is -0.116. The first-order valence-electron chi connectivity index (χ1n) is 7.60. The summed E-state index contributed by atoms with van der Waals surface area (Å²) in [4.78, 5) is 13.9. The predicted octanol–water partition coefficient (Wildman–Crippen LogP) is 1.93. The molecule has 0 bridgehead atoms. The van der Waals surface area contributed by atoms with Crippen molar-refractivity contribution < 1.29 is 17.6 Å². The van der Waals surface area contributed by atoms with Crippen LogP contribution in [0.1, 0.15) is 12.0 Å². The van der Waals surface area contributed by atoms with Crippen molar-refractivity contribution in [2.75, 3.05) is 18.9 Å². The van der Waals surface area contributed by atoms with Gasteiger partial charge in [0.1, 0.15) is 5.82 Å². The molecule has 2 aromatic rings. The molecule has 0 aliphatic heterocycles. The summed E-state index contributed by atoms with van der Waals surface area (Å²) in [5, 5.41) is 7.72. The van der Waals surface area contributed by atoms with E-state index in [2.05, 4.69) is 5.32 Å². The number of amides is 1. The molecule has 2 rings (SSSR count). The Bertz CT molecular complexity index is 821. The van der Waals surface area contributed by atoms with Crippen molar-refractivity contribution in [2.24, 2.45) is 5.14 Å². The molecular weight excluding hydrogens is 345 g/mol. The van der Waals surface area contributed by atoms with E-state index in [0.29, 0.717) is 18.8 Å². The van der Waals surface area contributed by atoms with Gasteiger partial charge in [-0.15, -0.1) is 0 Å². The van der Waals surface area contributed by atoms with Crippen LogP contribution in [0.5, 0.6) is 0 Å². The second-order valence-electron chi connectivity index (χ2n) is 5.73. The molecule has 8 heteroatoms. The van der Waals surface area contributed by atoms with Gasteiger partial charge in [-0.1, -0.05) is 12.1 Å². The average Bonchev–Trinajstić information content (AvgIpc) is 2.55. The number of halogens is 1. The van der Waals surface area contributed by atoms with Gasteiger partial charge in [0.2, 0.25) is 15.9 Å². The minimum atomic E-state index is -3.74. The molecule has 0 fully saturated rings. The molecule has 3 N–H and O–H groups in total. The smallest absolute Gasteiger partial charge is 0.238 e. The molecule has 0 unspecified atom stereocenters. The fraction of sp³-hybridized carbons (Fsp3) is 0.235. The lowest BCUT2D eigenvalue weighted by atomic mass is 10.2. The zero-order valence-corrected chi connectivity index (χ0v) is 14.6. The Kier molecular flexibility index (Phi) is 6.24. The molecule has 2 aromatic carbocycles. The van der Waals surface area contributed by atoms with Gasteiger partial charge in [-0.3, -0.25) is 4.79 Å². The van der Waals surface area contributed by atoms with Crippen LogP contribution in [0, 0.1) is 5.82 Å². The summed E-state index contributed by atoms with van der Waals surface area (Å²) >= 11 is 0. The highest BCUT2D eigenvalue weighted by Crippen LogP contribution is 2.13. The second-order valence-corrected chi connectivity index (χ2v) is 7.29. The van der Waals surface area contributed by atoms with Crippen LogP contribution in [0.15, 0.2) is 53.4 Å². The Morgan fingerprint density at radius 2 is 1.72 bits per heavy atom. The maximum atomic E-state index is 12.9. The topological polar surface area (TPSA) is 92.5 Å². The number of benzene rings is 2. The number of nitrogens with zero attached hydrogens (tertiary/aromatic N) is 1. The Morgan fingerprint density at radius 1 is 1.12 bits per heavy atom. The number of carbonyl (C=O) groups is 1. The summed E-state index contributed by atoms with van der Waals surface area (Å²) in [5.41, 5.74) is 1.46. The lowest BCUT2D eigenvalue weighted by Gasteiger charge is -2.16. The molecule has 0 atom stereocenters. The standard InChI is InChI=1S/C17H20FN3O3S/c1-21(12-13-2-4-14(18)5-3-13)11-10-17(22)20-15-6-8-16(9-7-15)25(19,23)24/h2-9H,10-12H2,1H3,(H,20,22)(H2,19,23,24). The molecule has 0 aromatic heterocycles. The Morgan fingerprint density at radius 3 is 2.28 bits per heavy atom. The van der Waals surface area contributed by atoms with Crippen molar-refractivity contribution in [1.82, 2.24) is 4.90 Å². The van der Waals surface area contributed by atoms with E-state index in [1.54, 1.807) is 12.1 Å². The van der Waals surface area contributed by atoms with Gasteiger partial charge in [-0.25, -0.2) is 17.9 Å². The van der Waals surface area contributed by atoms with Gasteiger partial charge >= 0.3 is 0 Å². The number of hydrogen-bond donors (Lipinski definition) is 2. The van der Waals surface area contributed by atoms with Crippen molar-refractivity contribution in [3.05, 3.63) is 59.9 Å². The van der Waals surface area contributed by atoms with Crippen LogP contribution in [0.4, 0.5) is 10.1 Å². The van der Waals surface area contributed by atoms with Gasteiger partial charge < -0.3 is 10.2 Å². The molecule has 0 heterocycles. The number of hydrogen-bond acceptors (Lipinski definition) is 4. The van der Waals surface area contributed by atoms with E-state index >= 15 is 0 Å². The highest BCUT2D eigenvalue weighted by molar-refractivity contribution is 7.89. The van der Waals surface area contributed by atoms with E-state index < -0.39 is 10.0 Å². The van der Waals surface area contributed by atoms with Crippen LogP contribution in [0.3, 0.4) is 0 Å². The fourth-order valence-corrected chi connectivity index (χ4v) is 2.74. The van der Waals surface area contributed by atoms with E-state index in [1.165, 1.54) is 36.4 Å². The van der Waals surface area contributed by atoms with E-state index in [-0.39, 0.29) is 23.0 Å². The highest BCUT2D eigenvalue weighted by Gasteiger charge is 2.09. The van der Waals surface area contributed by atoms with Crippen LogP contribution in [0.2, 0.25) is 0 Å². The van der Waals surface area contributed by atoms with E-state index in [1.807, 2.05) is 11.9 Å². The van der Waals surface area contributed by atoms with Gasteiger partial charge in [0.15, 0.2) is 0 Å². The molecule has 0 saturated heterocycles. The van der Waals surface area contributed by atoms with Gasteiger partial charge in [-0.05, 0) is 49.0 Å². The fourth-order valence-electron chi connectivity index (χ4n) is 2.22. The number of sulfonamides is 1. The maximum Gasteiger partial charge on any atom is 0.238 e. The van der Waals surface area contributed by atoms with Crippen LogP contribution in [-0.4, -0.2) is 32.8 Å². The zero-order chi connectivity index (χ0) is 18.4. The summed E-state index contributed by atoms with van der Waals surface area (Å²) in [6.07, 6.45) is 0.272. The minimum Gasteiger partial charge on any atom is -0.326 e. The van der Waals surface area contributed by atoms with Crippen molar-refractivity contribution in [2.45, 2.75) is 17.9 Å². The molecule has 1 amide bonds. The van der Waals surface area contributed by atoms with Gasteiger partial charge in [0.25, 0.3) is 0 Å². The van der Waals surface area contributed by atoms with Crippen LogP contribution < -0.4 is 10.5 Å². The first-order valence-corrected chi connectivity index (χ1v) is 9.14. The predicted molar refractivity (Wildman–Crippen MR) is 93.8 cm³/mol. The Labute approximate surface area is 146 Å². The molecule has 0 aliphatic rings. The van der Waals surface area contributed by atoms with Crippen LogP contribution in [-0.2, 0) is 21.4 Å². The maximum absolute atomic E-state index is 12.9. The van der Waals surface area contributed by atoms with E-state index in [9.17, 15) is 17.6 Å². The first kappa shape index (κ1) is 19.0. The second kappa shape index (κ2) is 8.19. The normalized spacial score (nSPS) is 11.5. The van der Waals surface area contributed by atoms with Gasteiger partial charge in [-0.2, -0.15) is 0 Å². The third-order valence-electron chi connectivity index (χ3n) is 3.55. The van der Waals surface area contributed by atoms with Crippen LogP contribution in [0.25, 0.3) is 0 Å². The van der Waals surface area contributed by atoms with E-state index in [0.717, 1.165) is 5.56 Å².